The van der Waals surface area contributed by atoms with Crippen molar-refractivity contribution < 1.29 is 9.21 Å². The van der Waals surface area contributed by atoms with Crippen LogP contribution in [-0.2, 0) is 6.54 Å². The minimum Gasteiger partial charge on any atom is -0.469 e. The van der Waals surface area contributed by atoms with Crippen LogP contribution in [0.3, 0.4) is 0 Å². The van der Waals surface area contributed by atoms with Gasteiger partial charge in [0.25, 0.3) is 5.91 Å². The van der Waals surface area contributed by atoms with Gasteiger partial charge in [0.1, 0.15) is 11.6 Å². The smallest absolute Gasteiger partial charge is 0.293 e. The maximum atomic E-state index is 11.9. The number of H-pyrrole nitrogens is 1. The van der Waals surface area contributed by atoms with E-state index in [9.17, 15) is 4.79 Å². The van der Waals surface area contributed by atoms with Gasteiger partial charge < -0.3 is 9.32 Å². The summed E-state index contributed by atoms with van der Waals surface area (Å²) in [6.07, 6.45) is 1.61. The number of nitrogens with one attached hydrogen (secondary N) is 1. The van der Waals surface area contributed by atoms with Gasteiger partial charge in [-0.25, -0.2) is 4.98 Å². The number of hydrogen-bond acceptors (Lipinski definition) is 4. The van der Waals surface area contributed by atoms with Crippen molar-refractivity contribution in [3.05, 3.63) is 35.3 Å². The molecule has 0 aliphatic carbocycles. The van der Waals surface area contributed by atoms with E-state index < -0.39 is 0 Å². The highest BCUT2D eigenvalue weighted by atomic mass is 16.3. The number of carbonyl (C=O) groups excluding carboxylic acids is 1. The first-order valence-electron chi connectivity index (χ1n) is 5.25. The Balaban J connectivity index is 2.08. The second kappa shape index (κ2) is 4.40. The third-order valence-electron chi connectivity index (χ3n) is 2.51. The summed E-state index contributed by atoms with van der Waals surface area (Å²) in [5, 5.41) is 6.49. The SMILES string of the molecule is Cc1nc(C(=O)N(C)Cc2ccoc2C)n[nH]1. The molecule has 2 heterocycles. The van der Waals surface area contributed by atoms with Crippen molar-refractivity contribution in [2.24, 2.45) is 0 Å². The lowest BCUT2D eigenvalue weighted by atomic mass is 10.2. The largest absolute Gasteiger partial charge is 0.469 e. The van der Waals surface area contributed by atoms with Gasteiger partial charge in [-0.2, -0.15) is 0 Å². The van der Waals surface area contributed by atoms with Crippen LogP contribution in [0.1, 0.15) is 27.8 Å². The first-order valence-corrected chi connectivity index (χ1v) is 5.25. The molecule has 0 unspecified atom stereocenters. The van der Waals surface area contributed by atoms with Gasteiger partial charge in [0.15, 0.2) is 0 Å². The maximum Gasteiger partial charge on any atom is 0.293 e. The molecule has 0 fully saturated rings. The fourth-order valence-corrected chi connectivity index (χ4v) is 1.51. The van der Waals surface area contributed by atoms with Gasteiger partial charge in [-0.3, -0.25) is 9.89 Å². The van der Waals surface area contributed by atoms with E-state index in [1.54, 1.807) is 25.1 Å². The Morgan fingerprint density at radius 1 is 1.53 bits per heavy atom. The van der Waals surface area contributed by atoms with E-state index in [0.29, 0.717) is 12.4 Å². The zero-order valence-electron chi connectivity index (χ0n) is 10.0. The highest BCUT2D eigenvalue weighted by Crippen LogP contribution is 2.12. The molecule has 2 rings (SSSR count). The Kier molecular flexibility index (Phi) is 2.95. The fraction of sp³-hybridized carbons (Fsp3) is 0.364. The van der Waals surface area contributed by atoms with Crippen LogP contribution in [0.5, 0.6) is 0 Å². The highest BCUT2D eigenvalue weighted by Gasteiger charge is 2.17. The van der Waals surface area contributed by atoms with Crippen molar-refractivity contribution in [2.45, 2.75) is 20.4 Å². The average Bonchev–Trinajstić information content (AvgIpc) is 2.88. The monoisotopic (exact) mass is 234 g/mol. The Morgan fingerprint density at radius 3 is 2.82 bits per heavy atom. The van der Waals surface area contributed by atoms with Crippen molar-refractivity contribution in [3.8, 4) is 0 Å². The second-order valence-electron chi connectivity index (χ2n) is 3.91. The molecule has 0 saturated carbocycles. The maximum absolute atomic E-state index is 11.9. The number of carbonyl (C=O) groups is 1. The number of amides is 1. The summed E-state index contributed by atoms with van der Waals surface area (Å²) in [5.74, 6) is 1.41. The number of aromatic nitrogens is 3. The van der Waals surface area contributed by atoms with Crippen molar-refractivity contribution in [1.29, 1.82) is 0 Å². The number of rotatable bonds is 3. The number of hydrogen-bond donors (Lipinski definition) is 1. The van der Waals surface area contributed by atoms with Gasteiger partial charge >= 0.3 is 0 Å². The summed E-state index contributed by atoms with van der Waals surface area (Å²) in [4.78, 5) is 17.5. The molecule has 2 aromatic heterocycles. The first-order chi connectivity index (χ1) is 8.08. The third-order valence-corrected chi connectivity index (χ3v) is 2.51. The van der Waals surface area contributed by atoms with Crippen molar-refractivity contribution in [2.75, 3.05) is 7.05 Å². The zero-order chi connectivity index (χ0) is 12.4. The van der Waals surface area contributed by atoms with E-state index in [2.05, 4.69) is 15.2 Å². The van der Waals surface area contributed by atoms with E-state index in [-0.39, 0.29) is 11.7 Å². The molecule has 0 aliphatic rings. The van der Waals surface area contributed by atoms with Crippen LogP contribution >= 0.6 is 0 Å². The van der Waals surface area contributed by atoms with E-state index in [1.165, 1.54) is 0 Å². The molecule has 1 N–H and O–H groups in total. The van der Waals surface area contributed by atoms with Crippen LogP contribution in [0.25, 0.3) is 0 Å². The summed E-state index contributed by atoms with van der Waals surface area (Å²) in [7, 11) is 1.71. The van der Waals surface area contributed by atoms with E-state index >= 15 is 0 Å². The molecule has 0 atom stereocenters. The van der Waals surface area contributed by atoms with E-state index in [4.69, 9.17) is 4.42 Å². The lowest BCUT2D eigenvalue weighted by Crippen LogP contribution is -2.27. The Bertz CT molecular complexity index is 529. The lowest BCUT2D eigenvalue weighted by molar-refractivity contribution is 0.0773. The molecule has 0 aromatic carbocycles. The van der Waals surface area contributed by atoms with Crippen LogP contribution in [0.2, 0.25) is 0 Å². The number of aryl methyl sites for hydroxylation is 2. The molecule has 1 amide bonds. The second-order valence-corrected chi connectivity index (χ2v) is 3.91. The standard InChI is InChI=1S/C11H14N4O2/c1-7-9(4-5-17-7)6-15(3)11(16)10-12-8(2)13-14-10/h4-5H,6H2,1-3H3,(H,12,13,14). The Labute approximate surface area is 98.6 Å². The molecular weight excluding hydrogens is 220 g/mol. The molecule has 0 bridgehead atoms. The minimum atomic E-state index is -0.213. The van der Waals surface area contributed by atoms with Crippen LogP contribution < -0.4 is 0 Å². The predicted molar refractivity (Wildman–Crippen MR) is 60.4 cm³/mol. The van der Waals surface area contributed by atoms with Crippen molar-refractivity contribution in [3.63, 3.8) is 0 Å². The van der Waals surface area contributed by atoms with Crippen LogP contribution in [0.15, 0.2) is 16.7 Å². The molecule has 2 aromatic rings. The third kappa shape index (κ3) is 2.35. The Morgan fingerprint density at radius 2 is 2.29 bits per heavy atom. The normalized spacial score (nSPS) is 10.5. The molecule has 0 spiro atoms. The highest BCUT2D eigenvalue weighted by molar-refractivity contribution is 5.90. The topological polar surface area (TPSA) is 75.0 Å². The number of furan rings is 1. The molecular formula is C11H14N4O2. The molecule has 90 valence electrons. The molecule has 6 heteroatoms. The molecule has 17 heavy (non-hydrogen) atoms. The van der Waals surface area contributed by atoms with Crippen LogP contribution in [-0.4, -0.2) is 33.0 Å². The van der Waals surface area contributed by atoms with Gasteiger partial charge in [-0.1, -0.05) is 0 Å². The number of aromatic amines is 1. The van der Waals surface area contributed by atoms with Gasteiger partial charge in [0.05, 0.1) is 6.26 Å². The molecule has 0 aliphatic heterocycles. The zero-order valence-corrected chi connectivity index (χ0v) is 10.0. The number of nitrogens with zero attached hydrogens (tertiary/aromatic N) is 3. The van der Waals surface area contributed by atoms with Gasteiger partial charge in [-0.15, -0.1) is 5.10 Å². The first kappa shape index (κ1) is 11.4. The van der Waals surface area contributed by atoms with Gasteiger partial charge in [0, 0.05) is 19.2 Å². The quantitative estimate of drug-likeness (QED) is 0.868. The summed E-state index contributed by atoms with van der Waals surface area (Å²) in [6.45, 7) is 4.10. The summed E-state index contributed by atoms with van der Waals surface area (Å²) >= 11 is 0. The molecule has 6 nitrogen and oxygen atoms in total. The fourth-order valence-electron chi connectivity index (χ4n) is 1.51. The lowest BCUT2D eigenvalue weighted by Gasteiger charge is -2.14. The van der Waals surface area contributed by atoms with Crippen molar-refractivity contribution >= 4 is 5.91 Å². The molecule has 0 radical (unpaired) electrons. The van der Waals surface area contributed by atoms with E-state index in [1.807, 2.05) is 13.0 Å². The predicted octanol–water partition coefficient (Wildman–Crippen LogP) is 1.29. The van der Waals surface area contributed by atoms with Gasteiger partial charge in [0.2, 0.25) is 5.82 Å². The summed E-state index contributed by atoms with van der Waals surface area (Å²) in [5.41, 5.74) is 0.980. The average molecular weight is 234 g/mol. The molecule has 0 saturated heterocycles. The van der Waals surface area contributed by atoms with Crippen LogP contribution in [0, 0.1) is 13.8 Å². The van der Waals surface area contributed by atoms with E-state index in [0.717, 1.165) is 11.3 Å². The summed E-state index contributed by atoms with van der Waals surface area (Å²) in [6, 6.07) is 1.85. The Hall–Kier alpha value is -2.11. The summed E-state index contributed by atoms with van der Waals surface area (Å²) < 4.78 is 5.18. The minimum absolute atomic E-state index is 0.186. The van der Waals surface area contributed by atoms with Crippen molar-refractivity contribution in [1.82, 2.24) is 20.1 Å². The van der Waals surface area contributed by atoms with Crippen LogP contribution in [0.4, 0.5) is 0 Å². The van der Waals surface area contributed by atoms with Gasteiger partial charge in [-0.05, 0) is 19.9 Å².